The van der Waals surface area contributed by atoms with Crippen LogP contribution < -0.4 is 10.6 Å². The number of benzene rings is 1. The van der Waals surface area contributed by atoms with E-state index in [9.17, 15) is 4.79 Å². The quantitative estimate of drug-likeness (QED) is 0.625. The highest BCUT2D eigenvalue weighted by molar-refractivity contribution is 5.94. The molecule has 26 heavy (non-hydrogen) atoms. The number of hydrogen-bond donors (Lipinski definition) is 2. The predicted molar refractivity (Wildman–Crippen MR) is 105 cm³/mol. The van der Waals surface area contributed by atoms with Crippen LogP contribution in [0.25, 0.3) is 0 Å². The molecule has 1 aromatic carbocycles. The Bertz CT molecular complexity index is 603. The monoisotopic (exact) mass is 360 g/mol. The van der Waals surface area contributed by atoms with Crippen molar-refractivity contribution in [3.8, 4) is 0 Å². The van der Waals surface area contributed by atoms with E-state index in [-0.39, 0.29) is 18.1 Å². The van der Waals surface area contributed by atoms with E-state index in [1.54, 1.807) is 0 Å². The van der Waals surface area contributed by atoms with Gasteiger partial charge in [-0.3, -0.25) is 4.79 Å². The summed E-state index contributed by atoms with van der Waals surface area (Å²) < 4.78 is 5.70. The van der Waals surface area contributed by atoms with E-state index < -0.39 is 0 Å². The second kappa shape index (κ2) is 9.57. The van der Waals surface area contributed by atoms with Crippen molar-refractivity contribution in [2.24, 2.45) is 4.99 Å². The molecule has 2 rings (SSSR count). The average Bonchev–Trinajstić information content (AvgIpc) is 2.58. The molecule has 0 spiro atoms. The zero-order chi connectivity index (χ0) is 19.1. The van der Waals surface area contributed by atoms with Crippen LogP contribution in [0.2, 0.25) is 0 Å². The fraction of sp³-hybridized carbons (Fsp3) is 0.600. The van der Waals surface area contributed by atoms with Crippen molar-refractivity contribution in [3.05, 3.63) is 35.4 Å². The van der Waals surface area contributed by atoms with Gasteiger partial charge in [0.2, 0.25) is 0 Å². The fourth-order valence-electron chi connectivity index (χ4n) is 3.04. The highest BCUT2D eigenvalue weighted by Gasteiger charge is 2.26. The molecule has 2 N–H and O–H groups in total. The first kappa shape index (κ1) is 20.2. The predicted octanol–water partition coefficient (Wildman–Crippen LogP) is 2.40. The maximum Gasteiger partial charge on any atom is 0.254 e. The Hall–Kier alpha value is -2.08. The van der Waals surface area contributed by atoms with Gasteiger partial charge in [-0.1, -0.05) is 12.1 Å². The molecule has 1 aromatic rings. The van der Waals surface area contributed by atoms with Crippen molar-refractivity contribution in [3.63, 3.8) is 0 Å². The lowest BCUT2D eigenvalue weighted by Gasteiger charge is -2.35. The first-order valence-electron chi connectivity index (χ1n) is 9.47. The summed E-state index contributed by atoms with van der Waals surface area (Å²) in [6.07, 6.45) is 0.156. The number of nitrogens with zero attached hydrogens (tertiary/aromatic N) is 2. The van der Waals surface area contributed by atoms with Gasteiger partial charge in [-0.2, -0.15) is 0 Å². The largest absolute Gasteiger partial charge is 0.372 e. The normalized spacial score (nSPS) is 21.0. The number of ether oxygens (including phenoxy) is 1. The van der Waals surface area contributed by atoms with E-state index in [1.165, 1.54) is 0 Å². The summed E-state index contributed by atoms with van der Waals surface area (Å²) in [4.78, 5) is 19.2. The van der Waals surface area contributed by atoms with Crippen LogP contribution >= 0.6 is 0 Å². The summed E-state index contributed by atoms with van der Waals surface area (Å²) in [5.41, 5.74) is 1.79. The van der Waals surface area contributed by atoms with Crippen molar-refractivity contribution in [2.75, 3.05) is 19.6 Å². The molecule has 0 aromatic heterocycles. The minimum Gasteiger partial charge on any atom is -0.372 e. The van der Waals surface area contributed by atoms with E-state index in [0.717, 1.165) is 18.1 Å². The summed E-state index contributed by atoms with van der Waals surface area (Å²) in [5.74, 6) is 0.871. The second-order valence-corrected chi connectivity index (χ2v) is 7.16. The molecule has 1 aliphatic rings. The van der Waals surface area contributed by atoms with Crippen LogP contribution in [-0.2, 0) is 11.3 Å². The van der Waals surface area contributed by atoms with Crippen molar-refractivity contribution >= 4 is 11.9 Å². The van der Waals surface area contributed by atoms with Crippen LogP contribution in [0.1, 0.15) is 50.5 Å². The summed E-state index contributed by atoms with van der Waals surface area (Å²) in [6, 6.07) is 8.05. The third-order valence-corrected chi connectivity index (χ3v) is 4.10. The van der Waals surface area contributed by atoms with E-state index in [1.807, 2.05) is 49.9 Å². The maximum absolute atomic E-state index is 12.7. The lowest BCUT2D eigenvalue weighted by Crippen LogP contribution is -2.48. The Labute approximate surface area is 157 Å². The summed E-state index contributed by atoms with van der Waals surface area (Å²) in [7, 11) is 0. The molecule has 1 heterocycles. The first-order valence-corrected chi connectivity index (χ1v) is 9.47. The van der Waals surface area contributed by atoms with E-state index >= 15 is 0 Å². The maximum atomic E-state index is 12.7. The third-order valence-electron chi connectivity index (χ3n) is 4.10. The number of guanidine groups is 1. The number of nitrogens with one attached hydrogen (secondary N) is 2. The van der Waals surface area contributed by atoms with Crippen molar-refractivity contribution in [1.29, 1.82) is 0 Å². The Kier molecular flexibility index (Phi) is 7.45. The minimum absolute atomic E-state index is 0.0665. The highest BCUT2D eigenvalue weighted by atomic mass is 16.5. The molecule has 144 valence electrons. The smallest absolute Gasteiger partial charge is 0.254 e. The number of hydrogen-bond acceptors (Lipinski definition) is 3. The van der Waals surface area contributed by atoms with Crippen LogP contribution in [0.5, 0.6) is 0 Å². The van der Waals surface area contributed by atoms with Gasteiger partial charge in [-0.25, -0.2) is 4.99 Å². The first-order chi connectivity index (χ1) is 12.4. The SMILES string of the molecule is CCNC(=NCc1ccc(C(=O)N2CC(C)OC(C)C2)cc1)NC(C)C. The van der Waals surface area contributed by atoms with Gasteiger partial charge < -0.3 is 20.3 Å². The van der Waals surface area contributed by atoms with E-state index in [4.69, 9.17) is 4.74 Å². The minimum atomic E-state index is 0.0665. The van der Waals surface area contributed by atoms with Crippen LogP contribution in [0.4, 0.5) is 0 Å². The lowest BCUT2D eigenvalue weighted by molar-refractivity contribution is -0.0586. The number of rotatable bonds is 5. The zero-order valence-corrected chi connectivity index (χ0v) is 16.6. The molecule has 6 heteroatoms. The van der Waals surface area contributed by atoms with Crippen LogP contribution in [0, 0.1) is 0 Å². The van der Waals surface area contributed by atoms with Gasteiger partial charge in [0.1, 0.15) is 0 Å². The van der Waals surface area contributed by atoms with Gasteiger partial charge >= 0.3 is 0 Å². The standard InChI is InChI=1S/C20H32N4O2/c1-6-21-20(23-14(2)3)22-11-17-7-9-18(10-8-17)19(25)24-12-15(4)26-16(5)13-24/h7-10,14-16H,6,11-13H2,1-5H3,(H2,21,22,23). The van der Waals surface area contributed by atoms with Gasteiger partial charge in [0.15, 0.2) is 5.96 Å². The Morgan fingerprint density at radius 3 is 2.38 bits per heavy atom. The summed E-state index contributed by atoms with van der Waals surface area (Å²) in [5, 5.41) is 6.53. The third kappa shape index (κ3) is 6.02. The molecule has 0 radical (unpaired) electrons. The summed E-state index contributed by atoms with van der Waals surface area (Å²) in [6.45, 7) is 12.9. The number of morpholine rings is 1. The topological polar surface area (TPSA) is 66.0 Å². The van der Waals surface area contributed by atoms with Crippen molar-refractivity contribution < 1.29 is 9.53 Å². The van der Waals surface area contributed by atoms with Gasteiger partial charge in [-0.15, -0.1) is 0 Å². The molecule has 2 unspecified atom stereocenters. The zero-order valence-electron chi connectivity index (χ0n) is 16.6. The average molecular weight is 361 g/mol. The summed E-state index contributed by atoms with van der Waals surface area (Å²) >= 11 is 0. The molecule has 0 aliphatic carbocycles. The molecule has 1 fully saturated rings. The molecule has 0 bridgehead atoms. The highest BCUT2D eigenvalue weighted by Crippen LogP contribution is 2.15. The molecular formula is C20H32N4O2. The number of carbonyl (C=O) groups is 1. The molecular weight excluding hydrogens is 328 g/mol. The van der Waals surface area contributed by atoms with Gasteiger partial charge in [0.05, 0.1) is 18.8 Å². The molecule has 6 nitrogen and oxygen atoms in total. The fourth-order valence-corrected chi connectivity index (χ4v) is 3.04. The van der Waals surface area contributed by atoms with Crippen molar-refractivity contribution in [1.82, 2.24) is 15.5 Å². The van der Waals surface area contributed by atoms with Crippen molar-refractivity contribution in [2.45, 2.75) is 59.4 Å². The number of aliphatic imine (C=N–C) groups is 1. The number of amides is 1. The lowest BCUT2D eigenvalue weighted by atomic mass is 10.1. The Morgan fingerprint density at radius 2 is 1.85 bits per heavy atom. The Morgan fingerprint density at radius 1 is 1.23 bits per heavy atom. The van der Waals surface area contributed by atoms with Crippen LogP contribution in [0.15, 0.2) is 29.3 Å². The molecule has 1 saturated heterocycles. The van der Waals surface area contributed by atoms with Crippen LogP contribution in [-0.4, -0.2) is 54.7 Å². The van der Waals surface area contributed by atoms with Gasteiger partial charge in [0.25, 0.3) is 5.91 Å². The molecule has 1 amide bonds. The van der Waals surface area contributed by atoms with Gasteiger partial charge in [-0.05, 0) is 52.3 Å². The molecule has 2 atom stereocenters. The number of carbonyl (C=O) groups excluding carboxylic acids is 1. The molecule has 1 aliphatic heterocycles. The van der Waals surface area contributed by atoms with Gasteiger partial charge in [0, 0.05) is 31.2 Å². The van der Waals surface area contributed by atoms with Crippen LogP contribution in [0.3, 0.4) is 0 Å². The Balaban J connectivity index is 1.99. The molecule has 0 saturated carbocycles. The van der Waals surface area contributed by atoms with E-state index in [2.05, 4.69) is 29.5 Å². The van der Waals surface area contributed by atoms with E-state index in [0.29, 0.717) is 31.2 Å². The second-order valence-electron chi connectivity index (χ2n) is 7.16.